The first kappa shape index (κ1) is 15.5. The van der Waals surface area contributed by atoms with Crippen LogP contribution in [0.25, 0.3) is 0 Å². The average molecular weight is 296 g/mol. The summed E-state index contributed by atoms with van der Waals surface area (Å²) in [7, 11) is -3.26. The minimum absolute atomic E-state index is 0.0495. The van der Waals surface area contributed by atoms with Crippen molar-refractivity contribution in [1.82, 2.24) is 4.72 Å². The topological polar surface area (TPSA) is 72.2 Å². The van der Waals surface area contributed by atoms with Gasteiger partial charge in [0.15, 0.2) is 0 Å². The highest BCUT2D eigenvalue weighted by atomic mass is 32.2. The lowest BCUT2D eigenvalue weighted by atomic mass is 9.79. The molecule has 4 nitrogen and oxygen atoms in total. The van der Waals surface area contributed by atoms with Gasteiger partial charge < -0.3 is 5.73 Å². The number of rotatable bonds is 6. The van der Waals surface area contributed by atoms with E-state index in [0.29, 0.717) is 24.9 Å². The molecule has 3 N–H and O–H groups in total. The second-order valence-corrected chi connectivity index (χ2v) is 7.44. The molecule has 0 aromatic heterocycles. The number of sulfonamides is 1. The van der Waals surface area contributed by atoms with Gasteiger partial charge in [-0.2, -0.15) is 0 Å². The molecule has 2 rings (SSSR count). The first-order valence-corrected chi connectivity index (χ1v) is 8.97. The van der Waals surface area contributed by atoms with E-state index in [0.717, 1.165) is 18.4 Å². The molecule has 0 bridgehead atoms. The summed E-state index contributed by atoms with van der Waals surface area (Å²) >= 11 is 0. The van der Waals surface area contributed by atoms with Crippen molar-refractivity contribution in [2.24, 2.45) is 17.6 Å². The third kappa shape index (κ3) is 4.58. The fraction of sp³-hybridized carbons (Fsp3) is 0.600. The summed E-state index contributed by atoms with van der Waals surface area (Å²) in [4.78, 5) is 0. The van der Waals surface area contributed by atoms with Crippen molar-refractivity contribution in [3.8, 4) is 0 Å². The molecule has 0 saturated heterocycles. The highest BCUT2D eigenvalue weighted by Crippen LogP contribution is 2.28. The molecule has 112 valence electrons. The molecule has 1 aliphatic carbocycles. The second kappa shape index (κ2) is 7.20. The van der Waals surface area contributed by atoms with Gasteiger partial charge in [-0.05, 0) is 36.8 Å². The van der Waals surface area contributed by atoms with Gasteiger partial charge in [-0.1, -0.05) is 43.2 Å². The van der Waals surface area contributed by atoms with Gasteiger partial charge in [0.25, 0.3) is 0 Å². The van der Waals surface area contributed by atoms with Crippen molar-refractivity contribution in [2.45, 2.75) is 31.4 Å². The van der Waals surface area contributed by atoms with Crippen molar-refractivity contribution in [3.05, 3.63) is 35.9 Å². The molecule has 0 heterocycles. The minimum Gasteiger partial charge on any atom is -0.330 e. The Kier molecular flexibility index (Phi) is 5.57. The molecular formula is C15H24N2O2S. The van der Waals surface area contributed by atoms with Crippen LogP contribution in [0.15, 0.2) is 30.3 Å². The van der Waals surface area contributed by atoms with Gasteiger partial charge in [-0.25, -0.2) is 13.1 Å². The summed E-state index contributed by atoms with van der Waals surface area (Å²) in [6, 6.07) is 9.27. The van der Waals surface area contributed by atoms with E-state index in [1.807, 2.05) is 30.3 Å². The summed E-state index contributed by atoms with van der Waals surface area (Å²) in [5, 5.41) is 0. The summed E-state index contributed by atoms with van der Waals surface area (Å²) in [6.07, 6.45) is 4.61. The SMILES string of the molecule is NCC1CCCCC1CNS(=O)(=O)Cc1ccccc1. The van der Waals surface area contributed by atoms with Crippen molar-refractivity contribution in [2.75, 3.05) is 13.1 Å². The molecule has 1 fully saturated rings. The number of nitrogens with one attached hydrogen (secondary N) is 1. The molecule has 0 aliphatic heterocycles. The molecule has 0 radical (unpaired) electrons. The second-order valence-electron chi connectivity index (χ2n) is 5.63. The largest absolute Gasteiger partial charge is 0.330 e. The summed E-state index contributed by atoms with van der Waals surface area (Å²) in [5.41, 5.74) is 6.60. The number of hydrogen-bond acceptors (Lipinski definition) is 3. The van der Waals surface area contributed by atoms with E-state index in [9.17, 15) is 8.42 Å². The standard InChI is InChI=1S/C15H24N2O2S/c16-10-14-8-4-5-9-15(14)11-17-20(18,19)12-13-6-2-1-3-7-13/h1-3,6-7,14-15,17H,4-5,8-12,16H2. The van der Waals surface area contributed by atoms with Gasteiger partial charge in [-0.15, -0.1) is 0 Å². The smallest absolute Gasteiger partial charge is 0.215 e. The van der Waals surface area contributed by atoms with Gasteiger partial charge in [0.2, 0.25) is 10.0 Å². The lowest BCUT2D eigenvalue weighted by Crippen LogP contribution is -2.37. The Morgan fingerprint density at radius 2 is 1.75 bits per heavy atom. The van der Waals surface area contributed by atoms with Crippen molar-refractivity contribution < 1.29 is 8.42 Å². The van der Waals surface area contributed by atoms with E-state index >= 15 is 0 Å². The van der Waals surface area contributed by atoms with Gasteiger partial charge in [0.1, 0.15) is 0 Å². The van der Waals surface area contributed by atoms with Crippen LogP contribution in [-0.4, -0.2) is 21.5 Å². The maximum absolute atomic E-state index is 12.1. The van der Waals surface area contributed by atoms with Crippen LogP contribution in [-0.2, 0) is 15.8 Å². The molecular weight excluding hydrogens is 272 g/mol. The van der Waals surface area contributed by atoms with E-state index in [1.54, 1.807) is 0 Å². The number of hydrogen-bond donors (Lipinski definition) is 2. The van der Waals surface area contributed by atoms with E-state index in [4.69, 9.17) is 5.73 Å². The monoisotopic (exact) mass is 296 g/mol. The normalized spacial score (nSPS) is 23.6. The van der Waals surface area contributed by atoms with Gasteiger partial charge in [0.05, 0.1) is 5.75 Å². The lowest BCUT2D eigenvalue weighted by molar-refractivity contribution is 0.244. The Morgan fingerprint density at radius 1 is 1.10 bits per heavy atom. The predicted molar refractivity (Wildman–Crippen MR) is 81.6 cm³/mol. The summed E-state index contributed by atoms with van der Waals surface area (Å²) in [6.45, 7) is 1.18. The number of benzene rings is 1. The van der Waals surface area contributed by atoms with Crippen molar-refractivity contribution >= 4 is 10.0 Å². The van der Waals surface area contributed by atoms with Gasteiger partial charge in [-0.3, -0.25) is 0 Å². The fourth-order valence-electron chi connectivity index (χ4n) is 2.94. The average Bonchev–Trinajstić information content (AvgIpc) is 2.46. The molecule has 1 saturated carbocycles. The Balaban J connectivity index is 1.88. The van der Waals surface area contributed by atoms with Crippen LogP contribution in [0.4, 0.5) is 0 Å². The van der Waals surface area contributed by atoms with Crippen LogP contribution in [0.3, 0.4) is 0 Å². The van der Waals surface area contributed by atoms with Crippen molar-refractivity contribution in [1.29, 1.82) is 0 Å². The van der Waals surface area contributed by atoms with E-state index in [2.05, 4.69) is 4.72 Å². The molecule has 0 spiro atoms. The van der Waals surface area contributed by atoms with Crippen molar-refractivity contribution in [3.63, 3.8) is 0 Å². The van der Waals surface area contributed by atoms with Crippen LogP contribution >= 0.6 is 0 Å². The molecule has 2 unspecified atom stereocenters. The molecule has 1 aromatic carbocycles. The molecule has 1 aromatic rings. The highest BCUT2D eigenvalue weighted by molar-refractivity contribution is 7.88. The van der Waals surface area contributed by atoms with E-state index in [-0.39, 0.29) is 5.75 Å². The third-order valence-corrected chi connectivity index (χ3v) is 5.45. The first-order chi connectivity index (χ1) is 9.61. The maximum atomic E-state index is 12.1. The molecule has 0 amide bonds. The molecule has 20 heavy (non-hydrogen) atoms. The Hall–Kier alpha value is -0.910. The summed E-state index contributed by atoms with van der Waals surface area (Å²) < 4.78 is 26.9. The van der Waals surface area contributed by atoms with Crippen LogP contribution in [0.5, 0.6) is 0 Å². The third-order valence-electron chi connectivity index (χ3n) is 4.13. The Labute approximate surface area is 121 Å². The molecule has 1 aliphatic rings. The predicted octanol–water partition coefficient (Wildman–Crippen LogP) is 1.87. The van der Waals surface area contributed by atoms with Crippen LogP contribution < -0.4 is 10.5 Å². The minimum atomic E-state index is -3.26. The Bertz CT molecular complexity index is 502. The lowest BCUT2D eigenvalue weighted by Gasteiger charge is -2.30. The molecule has 5 heteroatoms. The quantitative estimate of drug-likeness (QED) is 0.842. The van der Waals surface area contributed by atoms with Gasteiger partial charge >= 0.3 is 0 Å². The van der Waals surface area contributed by atoms with Gasteiger partial charge in [0, 0.05) is 6.54 Å². The fourth-order valence-corrected chi connectivity index (χ4v) is 4.14. The zero-order valence-corrected chi connectivity index (χ0v) is 12.6. The zero-order valence-electron chi connectivity index (χ0n) is 11.8. The number of nitrogens with two attached hydrogens (primary N) is 1. The zero-order chi connectivity index (χ0) is 14.4. The maximum Gasteiger partial charge on any atom is 0.215 e. The van der Waals surface area contributed by atoms with E-state index < -0.39 is 10.0 Å². The molecule has 2 atom stereocenters. The highest BCUT2D eigenvalue weighted by Gasteiger charge is 2.25. The van der Waals surface area contributed by atoms with E-state index in [1.165, 1.54) is 12.8 Å². The van der Waals surface area contributed by atoms with Crippen LogP contribution in [0.1, 0.15) is 31.2 Å². The van der Waals surface area contributed by atoms with Crippen LogP contribution in [0, 0.1) is 11.8 Å². The summed E-state index contributed by atoms with van der Waals surface area (Å²) in [5.74, 6) is 0.899. The first-order valence-electron chi connectivity index (χ1n) is 7.32. The van der Waals surface area contributed by atoms with Crippen LogP contribution in [0.2, 0.25) is 0 Å². The Morgan fingerprint density at radius 3 is 2.40 bits per heavy atom.